The second kappa shape index (κ2) is 7.98. The summed E-state index contributed by atoms with van der Waals surface area (Å²) < 4.78 is 0. The molecular formula is C17H25NO. The highest BCUT2D eigenvalue weighted by Crippen LogP contribution is 2.33. The minimum Gasteiger partial charge on any atom is -0.396 e. The topological polar surface area (TPSA) is 21.6 Å². The van der Waals surface area contributed by atoms with Gasteiger partial charge in [0.1, 0.15) is 6.61 Å². The van der Waals surface area contributed by atoms with Gasteiger partial charge in [-0.1, -0.05) is 62.0 Å². The lowest BCUT2D eigenvalue weighted by Crippen LogP contribution is -2.07. The first-order valence-electron chi connectivity index (χ1n) is 7.66. The lowest BCUT2D eigenvalue weighted by atomic mass is 9.82. The van der Waals surface area contributed by atoms with Gasteiger partial charge in [-0.2, -0.15) is 0 Å². The summed E-state index contributed by atoms with van der Waals surface area (Å²) >= 11 is 0. The monoisotopic (exact) mass is 259 g/mol. The van der Waals surface area contributed by atoms with Gasteiger partial charge >= 0.3 is 0 Å². The van der Waals surface area contributed by atoms with E-state index < -0.39 is 0 Å². The highest BCUT2D eigenvalue weighted by molar-refractivity contribution is 5.81. The smallest absolute Gasteiger partial charge is 0.117 e. The maximum Gasteiger partial charge on any atom is 0.117 e. The molecule has 1 aliphatic rings. The van der Waals surface area contributed by atoms with Crippen LogP contribution in [-0.2, 0) is 4.84 Å². The lowest BCUT2D eigenvalue weighted by Gasteiger charge is -2.23. The summed E-state index contributed by atoms with van der Waals surface area (Å²) in [7, 11) is 0. The average Bonchev–Trinajstić information content (AvgIpc) is 2.48. The Morgan fingerprint density at radius 2 is 2.00 bits per heavy atom. The summed E-state index contributed by atoms with van der Waals surface area (Å²) in [6.45, 7) is 2.88. The fraction of sp³-hybridized carbons (Fsp3) is 0.588. The number of oxime groups is 1. The highest BCUT2D eigenvalue weighted by Gasteiger charge is 2.17. The van der Waals surface area contributed by atoms with Crippen molar-refractivity contribution in [1.29, 1.82) is 0 Å². The first-order valence-corrected chi connectivity index (χ1v) is 7.66. The number of hydrogen-bond acceptors (Lipinski definition) is 2. The van der Waals surface area contributed by atoms with Crippen molar-refractivity contribution in [3.05, 3.63) is 35.4 Å². The first kappa shape index (κ1) is 14.1. The van der Waals surface area contributed by atoms with Crippen LogP contribution in [0.3, 0.4) is 0 Å². The molecule has 2 nitrogen and oxygen atoms in total. The zero-order valence-electron chi connectivity index (χ0n) is 12.0. The zero-order valence-corrected chi connectivity index (χ0v) is 12.0. The lowest BCUT2D eigenvalue weighted by molar-refractivity contribution is 0.143. The third-order valence-electron chi connectivity index (χ3n) is 3.90. The van der Waals surface area contributed by atoms with Crippen molar-refractivity contribution >= 4 is 6.21 Å². The van der Waals surface area contributed by atoms with Gasteiger partial charge in [-0.25, -0.2) is 0 Å². The molecule has 1 saturated carbocycles. The van der Waals surface area contributed by atoms with Gasteiger partial charge in [0.25, 0.3) is 0 Å². The molecule has 2 heteroatoms. The molecule has 1 fully saturated rings. The van der Waals surface area contributed by atoms with Crippen molar-refractivity contribution in [3.8, 4) is 0 Å². The van der Waals surface area contributed by atoms with E-state index in [0.717, 1.165) is 19.4 Å². The van der Waals surface area contributed by atoms with Crippen molar-refractivity contribution in [2.24, 2.45) is 5.16 Å². The van der Waals surface area contributed by atoms with Gasteiger partial charge < -0.3 is 4.84 Å². The van der Waals surface area contributed by atoms with Gasteiger partial charge in [0, 0.05) is 0 Å². The summed E-state index contributed by atoms with van der Waals surface area (Å²) in [6, 6.07) is 8.62. The third-order valence-corrected chi connectivity index (χ3v) is 3.90. The van der Waals surface area contributed by atoms with E-state index in [1.807, 2.05) is 6.21 Å². The van der Waals surface area contributed by atoms with Gasteiger partial charge in [-0.05, 0) is 36.3 Å². The molecule has 1 aromatic rings. The van der Waals surface area contributed by atoms with Crippen LogP contribution in [0.25, 0.3) is 0 Å². The minimum atomic E-state index is 0.715. The Hall–Kier alpha value is -1.31. The molecule has 0 unspecified atom stereocenters. The van der Waals surface area contributed by atoms with E-state index in [2.05, 4.69) is 36.3 Å². The molecule has 0 atom stereocenters. The maximum atomic E-state index is 5.29. The number of hydrogen-bond donors (Lipinski definition) is 0. The predicted molar refractivity (Wildman–Crippen MR) is 80.7 cm³/mol. The maximum absolute atomic E-state index is 5.29. The van der Waals surface area contributed by atoms with E-state index in [-0.39, 0.29) is 0 Å². The molecule has 0 amide bonds. The van der Waals surface area contributed by atoms with Crippen LogP contribution in [0.1, 0.15) is 68.9 Å². The molecular weight excluding hydrogens is 234 g/mol. The van der Waals surface area contributed by atoms with Crippen LogP contribution in [0.5, 0.6) is 0 Å². The van der Waals surface area contributed by atoms with E-state index in [1.165, 1.54) is 43.2 Å². The Kier molecular flexibility index (Phi) is 5.93. The van der Waals surface area contributed by atoms with Crippen LogP contribution in [0.2, 0.25) is 0 Å². The van der Waals surface area contributed by atoms with E-state index in [0.29, 0.717) is 5.92 Å². The summed E-state index contributed by atoms with van der Waals surface area (Å²) in [5.74, 6) is 0.715. The standard InChI is InChI=1S/C17H25NO/c1-2-3-13-19-18-14-16-11-7-8-12-17(16)15-9-5-4-6-10-15/h7-8,11-12,14-15H,2-6,9-10,13H2,1H3. The highest BCUT2D eigenvalue weighted by atomic mass is 16.6. The number of unbranched alkanes of at least 4 members (excludes halogenated alkanes) is 1. The van der Waals surface area contributed by atoms with E-state index in [4.69, 9.17) is 4.84 Å². The first-order chi connectivity index (χ1) is 9.42. The van der Waals surface area contributed by atoms with E-state index in [9.17, 15) is 0 Å². The molecule has 1 aromatic carbocycles. The minimum absolute atomic E-state index is 0.715. The Labute approximate surface area is 116 Å². The molecule has 0 heterocycles. The fourth-order valence-electron chi connectivity index (χ4n) is 2.77. The molecule has 0 spiro atoms. The molecule has 19 heavy (non-hydrogen) atoms. The predicted octanol–water partition coefficient (Wildman–Crippen LogP) is 4.88. The molecule has 0 radical (unpaired) electrons. The molecule has 0 saturated heterocycles. The number of benzene rings is 1. The molecule has 0 aliphatic heterocycles. The van der Waals surface area contributed by atoms with Gasteiger partial charge in [-0.15, -0.1) is 0 Å². The SMILES string of the molecule is CCCCON=Cc1ccccc1C1CCCCC1. The van der Waals surface area contributed by atoms with Crippen molar-refractivity contribution in [2.75, 3.05) is 6.61 Å². The Morgan fingerprint density at radius 3 is 2.79 bits per heavy atom. The average molecular weight is 259 g/mol. The summed E-state index contributed by atoms with van der Waals surface area (Å²) in [4.78, 5) is 5.29. The van der Waals surface area contributed by atoms with Crippen molar-refractivity contribution < 1.29 is 4.84 Å². The van der Waals surface area contributed by atoms with Gasteiger partial charge in [0.05, 0.1) is 6.21 Å². The van der Waals surface area contributed by atoms with Crippen LogP contribution >= 0.6 is 0 Å². The van der Waals surface area contributed by atoms with E-state index in [1.54, 1.807) is 0 Å². The van der Waals surface area contributed by atoms with Crippen LogP contribution in [-0.4, -0.2) is 12.8 Å². The zero-order chi connectivity index (χ0) is 13.3. The molecule has 2 rings (SSSR count). The third kappa shape index (κ3) is 4.38. The summed E-state index contributed by atoms with van der Waals surface area (Å²) in [5.41, 5.74) is 2.68. The molecule has 0 aromatic heterocycles. The largest absolute Gasteiger partial charge is 0.396 e. The van der Waals surface area contributed by atoms with Gasteiger partial charge in [0.2, 0.25) is 0 Å². The van der Waals surface area contributed by atoms with Gasteiger partial charge in [-0.3, -0.25) is 0 Å². The van der Waals surface area contributed by atoms with Gasteiger partial charge in [0.15, 0.2) is 0 Å². The summed E-state index contributed by atoms with van der Waals surface area (Å²) in [6.07, 6.45) is 10.9. The fourth-order valence-corrected chi connectivity index (χ4v) is 2.77. The van der Waals surface area contributed by atoms with Crippen molar-refractivity contribution in [2.45, 2.75) is 57.8 Å². The Balaban J connectivity index is 1.99. The van der Waals surface area contributed by atoms with Crippen LogP contribution < -0.4 is 0 Å². The second-order valence-corrected chi connectivity index (χ2v) is 5.39. The van der Waals surface area contributed by atoms with Crippen molar-refractivity contribution in [3.63, 3.8) is 0 Å². The number of rotatable bonds is 6. The van der Waals surface area contributed by atoms with Crippen LogP contribution in [0.15, 0.2) is 29.4 Å². The normalized spacial score (nSPS) is 16.9. The van der Waals surface area contributed by atoms with Crippen molar-refractivity contribution in [1.82, 2.24) is 0 Å². The molecule has 1 aliphatic carbocycles. The quantitative estimate of drug-likeness (QED) is 0.405. The number of nitrogens with zero attached hydrogens (tertiary/aromatic N) is 1. The van der Waals surface area contributed by atoms with Crippen LogP contribution in [0, 0.1) is 0 Å². The molecule has 0 N–H and O–H groups in total. The summed E-state index contributed by atoms with van der Waals surface area (Å²) in [5, 5.41) is 4.11. The Morgan fingerprint density at radius 1 is 1.21 bits per heavy atom. The Bertz CT molecular complexity index is 394. The molecule has 104 valence electrons. The van der Waals surface area contributed by atoms with E-state index >= 15 is 0 Å². The molecule has 0 bridgehead atoms. The second-order valence-electron chi connectivity index (χ2n) is 5.39. The van der Waals surface area contributed by atoms with Crippen LogP contribution in [0.4, 0.5) is 0 Å².